The van der Waals surface area contributed by atoms with E-state index in [2.05, 4.69) is 10.3 Å². The van der Waals surface area contributed by atoms with Crippen LogP contribution in [0.1, 0.15) is 18.1 Å². The lowest BCUT2D eigenvalue weighted by atomic mass is 10.2. The smallest absolute Gasteiger partial charge is 0.193 e. The molecule has 1 unspecified atom stereocenters. The van der Waals surface area contributed by atoms with E-state index in [1.807, 2.05) is 55.3 Å². The van der Waals surface area contributed by atoms with Crippen molar-refractivity contribution in [3.05, 3.63) is 71.5 Å². The van der Waals surface area contributed by atoms with Gasteiger partial charge in [0.15, 0.2) is 5.96 Å². The first-order valence-corrected chi connectivity index (χ1v) is 10.2. The molecule has 0 saturated carbocycles. The Morgan fingerprint density at radius 2 is 1.85 bits per heavy atom. The second-order valence-electron chi connectivity index (χ2n) is 6.00. The second kappa shape index (κ2) is 12.8. The minimum absolute atomic E-state index is 0. The van der Waals surface area contributed by atoms with E-state index in [1.165, 1.54) is 12.1 Å². The zero-order valence-corrected chi connectivity index (χ0v) is 18.9. The van der Waals surface area contributed by atoms with Crippen molar-refractivity contribution in [2.45, 2.75) is 19.2 Å². The van der Waals surface area contributed by atoms with Gasteiger partial charge in [0.1, 0.15) is 5.82 Å². The van der Waals surface area contributed by atoms with Gasteiger partial charge in [0.05, 0.1) is 6.54 Å². The first kappa shape index (κ1) is 23.6. The Morgan fingerprint density at radius 1 is 1.15 bits per heavy atom. The molecule has 1 atom stereocenters. The molecule has 0 amide bonds. The van der Waals surface area contributed by atoms with Gasteiger partial charge in [-0.2, -0.15) is 0 Å². The number of benzene rings is 2. The highest BCUT2D eigenvalue weighted by Crippen LogP contribution is 2.07. The summed E-state index contributed by atoms with van der Waals surface area (Å²) >= 11 is 0. The number of hydrogen-bond donors (Lipinski definition) is 1. The van der Waals surface area contributed by atoms with Crippen molar-refractivity contribution in [1.29, 1.82) is 0 Å². The molecule has 2 aromatic rings. The summed E-state index contributed by atoms with van der Waals surface area (Å²) in [7, 11) is 0.961. The van der Waals surface area contributed by atoms with E-state index in [1.54, 1.807) is 6.07 Å². The summed E-state index contributed by atoms with van der Waals surface area (Å²) < 4.78 is 25.6. The third-order valence-electron chi connectivity index (χ3n) is 3.76. The van der Waals surface area contributed by atoms with E-state index in [-0.39, 0.29) is 29.8 Å². The highest BCUT2D eigenvalue weighted by molar-refractivity contribution is 14.0. The van der Waals surface area contributed by atoms with Crippen LogP contribution >= 0.6 is 24.0 Å². The van der Waals surface area contributed by atoms with Gasteiger partial charge in [-0.15, -0.1) is 24.0 Å². The Kier molecular flexibility index (Phi) is 11.2. The maximum Gasteiger partial charge on any atom is 0.193 e. The van der Waals surface area contributed by atoms with Gasteiger partial charge in [-0.3, -0.25) is 9.20 Å². The van der Waals surface area contributed by atoms with Crippen molar-refractivity contribution in [2.24, 2.45) is 4.99 Å². The predicted octanol–water partition coefficient (Wildman–Crippen LogP) is 3.79. The Hall–Kier alpha value is -1.48. The zero-order chi connectivity index (χ0) is 18.8. The van der Waals surface area contributed by atoms with Gasteiger partial charge in [0, 0.05) is 42.4 Å². The highest BCUT2D eigenvalue weighted by Gasteiger charge is 2.08. The number of guanidine groups is 1. The van der Waals surface area contributed by atoms with E-state index in [0.717, 1.165) is 23.6 Å². The fourth-order valence-corrected chi connectivity index (χ4v) is 3.54. The summed E-state index contributed by atoms with van der Waals surface area (Å²) in [5.41, 5.74) is 1.95. The van der Waals surface area contributed by atoms with Crippen LogP contribution in [-0.4, -0.2) is 41.0 Å². The van der Waals surface area contributed by atoms with Crippen LogP contribution in [0.5, 0.6) is 0 Å². The van der Waals surface area contributed by atoms with E-state index >= 15 is 0 Å². The van der Waals surface area contributed by atoms with Gasteiger partial charge in [0.25, 0.3) is 0 Å². The number of aliphatic imine (C=N–C) groups is 1. The minimum atomic E-state index is -0.949. The lowest BCUT2D eigenvalue weighted by Gasteiger charge is -2.22. The van der Waals surface area contributed by atoms with Crippen molar-refractivity contribution in [2.75, 3.05) is 25.9 Å². The third kappa shape index (κ3) is 8.83. The maximum absolute atomic E-state index is 13.3. The predicted molar refractivity (Wildman–Crippen MR) is 122 cm³/mol. The van der Waals surface area contributed by atoms with Crippen LogP contribution in [-0.2, 0) is 23.1 Å². The average Bonchev–Trinajstić information content (AvgIpc) is 2.62. The third-order valence-corrected chi connectivity index (χ3v) is 5.05. The molecule has 0 aromatic heterocycles. The van der Waals surface area contributed by atoms with Gasteiger partial charge < -0.3 is 10.2 Å². The lowest BCUT2D eigenvalue weighted by molar-refractivity contribution is 0.475. The van der Waals surface area contributed by atoms with Crippen molar-refractivity contribution in [3.8, 4) is 0 Å². The molecule has 2 rings (SSSR count). The summed E-state index contributed by atoms with van der Waals surface area (Å²) in [5.74, 6) is 1.55. The van der Waals surface area contributed by atoms with Crippen LogP contribution in [0.2, 0.25) is 0 Å². The molecule has 0 bridgehead atoms. The summed E-state index contributed by atoms with van der Waals surface area (Å²) in [5, 5.41) is 3.22. The Morgan fingerprint density at radius 3 is 2.52 bits per heavy atom. The van der Waals surface area contributed by atoms with Crippen LogP contribution in [0, 0.1) is 5.82 Å². The molecule has 1 N–H and O–H groups in total. The molecule has 148 valence electrons. The first-order valence-electron chi connectivity index (χ1n) is 8.71. The zero-order valence-electron chi connectivity index (χ0n) is 15.7. The number of hydrogen-bond acceptors (Lipinski definition) is 2. The summed E-state index contributed by atoms with van der Waals surface area (Å²) in [4.78, 5) is 6.50. The van der Waals surface area contributed by atoms with E-state index < -0.39 is 10.8 Å². The standard InChI is InChI=1S/C20H26FN3OS.HI/c1-3-22-20(24(2)15-18-10-7-11-19(21)14-18)23-12-13-26(25)16-17-8-5-4-6-9-17;/h4-11,14H,3,12-13,15-16H2,1-2H3,(H,22,23);1H. The van der Waals surface area contributed by atoms with Crippen LogP contribution in [0.4, 0.5) is 4.39 Å². The fraction of sp³-hybridized carbons (Fsp3) is 0.350. The summed E-state index contributed by atoms with van der Waals surface area (Å²) in [6, 6.07) is 16.4. The Balaban J connectivity index is 0.00000364. The lowest BCUT2D eigenvalue weighted by Crippen LogP contribution is -2.38. The van der Waals surface area contributed by atoms with Crippen LogP contribution in [0.3, 0.4) is 0 Å². The van der Waals surface area contributed by atoms with Gasteiger partial charge in [-0.05, 0) is 30.2 Å². The van der Waals surface area contributed by atoms with Crippen LogP contribution in [0.25, 0.3) is 0 Å². The molecule has 0 radical (unpaired) electrons. The Bertz CT molecular complexity index is 743. The normalized spacial score (nSPS) is 12.2. The van der Waals surface area contributed by atoms with Crippen molar-refractivity contribution < 1.29 is 8.60 Å². The first-order chi connectivity index (χ1) is 12.6. The average molecular weight is 503 g/mol. The monoisotopic (exact) mass is 503 g/mol. The molecule has 27 heavy (non-hydrogen) atoms. The number of halogens is 2. The SMILES string of the molecule is CCNC(=NCCS(=O)Cc1ccccc1)N(C)Cc1cccc(F)c1.I. The van der Waals surface area contributed by atoms with Crippen LogP contribution in [0.15, 0.2) is 59.6 Å². The van der Waals surface area contributed by atoms with Gasteiger partial charge in [-0.1, -0.05) is 42.5 Å². The Labute approximate surface area is 180 Å². The molecule has 0 aliphatic carbocycles. The van der Waals surface area contributed by atoms with Crippen molar-refractivity contribution in [1.82, 2.24) is 10.2 Å². The molecule has 7 heteroatoms. The van der Waals surface area contributed by atoms with E-state index in [4.69, 9.17) is 0 Å². The molecule has 0 aliphatic heterocycles. The molecule has 2 aromatic carbocycles. The quantitative estimate of drug-likeness (QED) is 0.339. The largest absolute Gasteiger partial charge is 0.357 e. The van der Waals surface area contributed by atoms with Gasteiger partial charge in [0.2, 0.25) is 0 Å². The fourth-order valence-electron chi connectivity index (χ4n) is 2.54. The summed E-state index contributed by atoms with van der Waals surface area (Å²) in [6.45, 7) is 3.77. The number of rotatable bonds is 8. The molecular formula is C20H27FIN3OS. The highest BCUT2D eigenvalue weighted by atomic mass is 127. The van der Waals surface area contributed by atoms with E-state index in [0.29, 0.717) is 24.6 Å². The maximum atomic E-state index is 13.3. The van der Waals surface area contributed by atoms with Crippen molar-refractivity contribution in [3.63, 3.8) is 0 Å². The molecule has 0 aliphatic rings. The number of nitrogens with zero attached hydrogens (tertiary/aromatic N) is 2. The number of nitrogens with one attached hydrogen (secondary N) is 1. The minimum Gasteiger partial charge on any atom is -0.357 e. The van der Waals surface area contributed by atoms with Crippen LogP contribution < -0.4 is 5.32 Å². The van der Waals surface area contributed by atoms with Gasteiger partial charge >= 0.3 is 0 Å². The molecular weight excluding hydrogens is 476 g/mol. The van der Waals surface area contributed by atoms with Crippen molar-refractivity contribution >= 4 is 40.7 Å². The molecule has 0 saturated heterocycles. The van der Waals surface area contributed by atoms with E-state index in [9.17, 15) is 8.60 Å². The second-order valence-corrected chi connectivity index (χ2v) is 7.57. The molecule has 4 nitrogen and oxygen atoms in total. The van der Waals surface area contributed by atoms with Gasteiger partial charge in [-0.25, -0.2) is 4.39 Å². The topological polar surface area (TPSA) is 44.7 Å². The molecule has 0 heterocycles. The molecule has 0 spiro atoms. The molecule has 0 fully saturated rings. The summed E-state index contributed by atoms with van der Waals surface area (Å²) in [6.07, 6.45) is 0.